The van der Waals surface area contributed by atoms with Gasteiger partial charge in [-0.2, -0.15) is 0 Å². The first-order chi connectivity index (χ1) is 30.0. The fourth-order valence-electron chi connectivity index (χ4n) is 7.34. The van der Waals surface area contributed by atoms with Gasteiger partial charge in [0.05, 0.1) is 0 Å². The highest BCUT2D eigenvalue weighted by molar-refractivity contribution is 5.71. The minimum atomic E-state index is -0.799. The molecule has 0 aromatic carbocycles. The molecular weight excluding hydrogens is 757 g/mol. The van der Waals surface area contributed by atoms with Crippen LogP contribution in [0.2, 0.25) is 0 Å². The molecule has 6 nitrogen and oxygen atoms in total. The van der Waals surface area contributed by atoms with E-state index in [1.807, 2.05) is 0 Å². The molecule has 0 aliphatic rings. The molecule has 61 heavy (non-hydrogen) atoms. The van der Waals surface area contributed by atoms with Gasteiger partial charge >= 0.3 is 17.9 Å². The predicted octanol–water partition coefficient (Wildman–Crippen LogP) is 17.1. The van der Waals surface area contributed by atoms with Crippen LogP contribution < -0.4 is 0 Å². The van der Waals surface area contributed by atoms with E-state index in [4.69, 9.17) is 14.2 Å². The molecule has 0 saturated heterocycles. The number of rotatable bonds is 47. The van der Waals surface area contributed by atoms with E-state index in [9.17, 15) is 14.4 Å². The molecule has 6 heteroatoms. The van der Waals surface area contributed by atoms with Crippen LogP contribution in [0.4, 0.5) is 0 Å². The Labute approximate surface area is 378 Å². The summed E-state index contributed by atoms with van der Waals surface area (Å²) in [4.78, 5) is 37.9. The van der Waals surface area contributed by atoms with Gasteiger partial charge in [-0.15, -0.1) is 0 Å². The van der Waals surface area contributed by atoms with Crippen LogP contribution in [0.25, 0.3) is 0 Å². The normalized spacial score (nSPS) is 12.4. The Morgan fingerprint density at radius 1 is 0.328 bits per heavy atom. The lowest BCUT2D eigenvalue weighted by molar-refractivity contribution is -0.167. The minimum absolute atomic E-state index is 0.0935. The van der Waals surface area contributed by atoms with Crippen LogP contribution in [0.3, 0.4) is 0 Å². The summed E-state index contributed by atoms with van der Waals surface area (Å²) in [7, 11) is 0. The maximum Gasteiger partial charge on any atom is 0.306 e. The molecule has 0 spiro atoms. The van der Waals surface area contributed by atoms with Crippen molar-refractivity contribution in [3.05, 3.63) is 48.6 Å². The van der Waals surface area contributed by atoms with Gasteiger partial charge in [-0.25, -0.2) is 0 Å². The van der Waals surface area contributed by atoms with Gasteiger partial charge in [-0.05, 0) is 77.0 Å². The highest BCUT2D eigenvalue weighted by atomic mass is 16.6. The average molecular weight is 855 g/mol. The molecule has 0 aliphatic carbocycles. The maximum atomic E-state index is 12.8. The fourth-order valence-corrected chi connectivity index (χ4v) is 7.34. The van der Waals surface area contributed by atoms with Crippen LogP contribution >= 0.6 is 0 Å². The number of carbonyl (C=O) groups excluding carboxylic acids is 3. The zero-order valence-electron chi connectivity index (χ0n) is 40.4. The van der Waals surface area contributed by atoms with Gasteiger partial charge in [0, 0.05) is 19.3 Å². The minimum Gasteiger partial charge on any atom is -0.462 e. The third kappa shape index (κ3) is 48.3. The van der Waals surface area contributed by atoms with Gasteiger partial charge in [-0.3, -0.25) is 14.4 Å². The molecule has 1 atom stereocenters. The van der Waals surface area contributed by atoms with E-state index >= 15 is 0 Å². The molecule has 0 aliphatic heterocycles. The smallest absolute Gasteiger partial charge is 0.306 e. The number of hydrogen-bond acceptors (Lipinski definition) is 6. The summed E-state index contributed by atoms with van der Waals surface area (Å²) < 4.78 is 16.7. The quantitative estimate of drug-likeness (QED) is 0.0263. The molecule has 0 rings (SSSR count). The lowest BCUT2D eigenvalue weighted by Gasteiger charge is -2.18. The van der Waals surface area contributed by atoms with Crippen molar-refractivity contribution in [3.63, 3.8) is 0 Å². The Bertz CT molecular complexity index is 1070. The molecule has 0 unspecified atom stereocenters. The van der Waals surface area contributed by atoms with Crippen LogP contribution in [0.5, 0.6) is 0 Å². The number of carbonyl (C=O) groups is 3. The second-order valence-electron chi connectivity index (χ2n) is 17.4. The van der Waals surface area contributed by atoms with E-state index in [0.717, 1.165) is 64.2 Å². The van der Waals surface area contributed by atoms with Crippen LogP contribution in [-0.4, -0.2) is 37.2 Å². The average Bonchev–Trinajstić information content (AvgIpc) is 3.26. The van der Waals surface area contributed by atoms with Crippen molar-refractivity contribution in [2.45, 2.75) is 271 Å². The largest absolute Gasteiger partial charge is 0.462 e. The molecule has 0 radical (unpaired) electrons. The first-order valence-corrected chi connectivity index (χ1v) is 26.1. The van der Waals surface area contributed by atoms with Gasteiger partial charge < -0.3 is 14.2 Å². The van der Waals surface area contributed by atoms with E-state index < -0.39 is 6.10 Å². The molecule has 0 fully saturated rings. The molecule has 0 heterocycles. The fraction of sp³-hybridized carbons (Fsp3) is 0.800. The Kier molecular flexibility index (Phi) is 47.9. The topological polar surface area (TPSA) is 78.9 Å². The van der Waals surface area contributed by atoms with Gasteiger partial charge in [0.25, 0.3) is 0 Å². The van der Waals surface area contributed by atoms with Crippen LogP contribution in [-0.2, 0) is 28.6 Å². The summed E-state index contributed by atoms with van der Waals surface area (Å²) in [5.41, 5.74) is 0. The Morgan fingerprint density at radius 3 is 0.984 bits per heavy atom. The van der Waals surface area contributed by atoms with Crippen molar-refractivity contribution in [3.8, 4) is 0 Å². The lowest BCUT2D eigenvalue weighted by Crippen LogP contribution is -2.30. The summed E-state index contributed by atoms with van der Waals surface area (Å²) in [5.74, 6) is -0.949. The summed E-state index contributed by atoms with van der Waals surface area (Å²) in [5, 5.41) is 0. The van der Waals surface area contributed by atoms with E-state index in [0.29, 0.717) is 19.3 Å². The van der Waals surface area contributed by atoms with Crippen LogP contribution in [0, 0.1) is 0 Å². The summed E-state index contributed by atoms with van der Waals surface area (Å²) >= 11 is 0. The van der Waals surface area contributed by atoms with E-state index in [1.165, 1.54) is 154 Å². The van der Waals surface area contributed by atoms with E-state index in [-0.39, 0.29) is 37.5 Å². The summed E-state index contributed by atoms with van der Waals surface area (Å²) in [6.45, 7) is 6.58. The van der Waals surface area contributed by atoms with Crippen molar-refractivity contribution in [1.29, 1.82) is 0 Å². The van der Waals surface area contributed by atoms with Crippen LogP contribution in [0.1, 0.15) is 265 Å². The Balaban J connectivity index is 4.44. The maximum absolute atomic E-state index is 12.8. The highest BCUT2D eigenvalue weighted by Gasteiger charge is 2.19. The van der Waals surface area contributed by atoms with E-state index in [1.54, 1.807) is 0 Å². The number of ether oxygens (including phenoxy) is 3. The second kappa shape index (κ2) is 50.0. The zero-order chi connectivity index (χ0) is 44.4. The van der Waals surface area contributed by atoms with Gasteiger partial charge in [-0.1, -0.05) is 217 Å². The highest BCUT2D eigenvalue weighted by Crippen LogP contribution is 2.14. The molecule has 0 N–H and O–H groups in total. The van der Waals surface area contributed by atoms with Crippen molar-refractivity contribution in [2.24, 2.45) is 0 Å². The number of esters is 3. The number of unbranched alkanes of at least 4 members (excludes halogenated alkanes) is 28. The van der Waals surface area contributed by atoms with Crippen molar-refractivity contribution >= 4 is 17.9 Å². The first-order valence-electron chi connectivity index (χ1n) is 26.1. The van der Waals surface area contributed by atoms with Crippen molar-refractivity contribution < 1.29 is 28.6 Å². The SMILES string of the molecule is CCCCCCCC/C=C\C/C=C\C/C=C\CCCC(=O)O[C@H](COC(=O)CCCCCCC/C=C\CCCCCCCC)COC(=O)CCCCCCCCCCCCC. The Hall–Kier alpha value is -2.63. The number of hydrogen-bond donors (Lipinski definition) is 0. The Morgan fingerprint density at radius 2 is 0.607 bits per heavy atom. The van der Waals surface area contributed by atoms with Gasteiger partial charge in [0.15, 0.2) is 6.10 Å². The molecule has 354 valence electrons. The zero-order valence-corrected chi connectivity index (χ0v) is 40.4. The van der Waals surface area contributed by atoms with Gasteiger partial charge in [0.2, 0.25) is 0 Å². The van der Waals surface area contributed by atoms with E-state index in [2.05, 4.69) is 69.4 Å². The van der Waals surface area contributed by atoms with Crippen molar-refractivity contribution in [2.75, 3.05) is 13.2 Å². The molecule has 0 saturated carbocycles. The standard InChI is InChI=1S/C55H98O6/c1-4-7-10-13-16-19-22-24-26-27-29-31-34-37-40-43-46-49-55(58)61-52(50-59-53(56)47-44-41-38-35-32-21-18-15-12-9-6-3)51-60-54(57)48-45-42-39-36-33-30-28-25-23-20-17-14-11-8-5-2/h24-26,28-29,31,37,40,52H,4-23,27,30,32-36,38-39,41-51H2,1-3H3/b26-24-,28-25-,31-29-,40-37-/t52-/m0/s1. The molecule has 0 amide bonds. The van der Waals surface area contributed by atoms with Crippen LogP contribution in [0.15, 0.2) is 48.6 Å². The molecular formula is C55H98O6. The third-order valence-corrected chi connectivity index (χ3v) is 11.3. The number of allylic oxidation sites excluding steroid dienone is 8. The summed E-state index contributed by atoms with van der Waals surface area (Å²) in [6, 6.07) is 0. The predicted molar refractivity (Wildman–Crippen MR) is 261 cm³/mol. The molecule has 0 aromatic heterocycles. The van der Waals surface area contributed by atoms with Gasteiger partial charge in [0.1, 0.15) is 13.2 Å². The lowest BCUT2D eigenvalue weighted by atomic mass is 10.1. The molecule has 0 bridgehead atoms. The molecule has 0 aromatic rings. The summed E-state index contributed by atoms with van der Waals surface area (Å²) in [6.07, 6.45) is 59.6. The van der Waals surface area contributed by atoms with Crippen molar-refractivity contribution in [1.82, 2.24) is 0 Å². The third-order valence-electron chi connectivity index (χ3n) is 11.3. The monoisotopic (exact) mass is 855 g/mol. The first kappa shape index (κ1) is 58.4. The second-order valence-corrected chi connectivity index (χ2v) is 17.4.